The van der Waals surface area contributed by atoms with Crippen molar-refractivity contribution in [3.63, 3.8) is 0 Å². The van der Waals surface area contributed by atoms with E-state index in [9.17, 15) is 4.79 Å². The van der Waals surface area contributed by atoms with Crippen LogP contribution in [0.25, 0.3) is 10.2 Å². The average molecular weight is 368 g/mol. The van der Waals surface area contributed by atoms with Crippen LogP contribution in [-0.4, -0.2) is 19.7 Å². The molecule has 7 heteroatoms. The van der Waals surface area contributed by atoms with E-state index in [2.05, 4.69) is 33.4 Å². The lowest BCUT2D eigenvalue weighted by Crippen LogP contribution is -2.18. The first-order valence-electron chi connectivity index (χ1n) is 7.96. The standard InChI is InChI=1S/C18H16N4OS2/c23-17-20-21-18(22(17)11-10-13-6-2-1-3-7-13)24-12-16-19-14-8-4-5-9-15(14)25-16/h1-9H,10-12H2,(H,20,23). The van der Waals surface area contributed by atoms with Crippen LogP contribution in [0.15, 0.2) is 64.5 Å². The van der Waals surface area contributed by atoms with Crippen LogP contribution >= 0.6 is 23.1 Å². The molecule has 0 aliphatic carbocycles. The number of aromatic amines is 1. The van der Waals surface area contributed by atoms with Crippen LogP contribution in [-0.2, 0) is 18.7 Å². The molecular formula is C18H16N4OS2. The Bertz CT molecular complexity index is 1000. The highest BCUT2D eigenvalue weighted by molar-refractivity contribution is 7.98. The summed E-state index contributed by atoms with van der Waals surface area (Å²) in [6.45, 7) is 0.613. The minimum Gasteiger partial charge on any atom is -0.270 e. The SMILES string of the molecule is O=c1[nH]nc(SCc2nc3ccccc3s2)n1CCc1ccccc1. The van der Waals surface area contributed by atoms with Gasteiger partial charge in [0.15, 0.2) is 5.16 Å². The first-order valence-corrected chi connectivity index (χ1v) is 9.76. The van der Waals surface area contributed by atoms with E-state index in [1.54, 1.807) is 15.9 Å². The topological polar surface area (TPSA) is 63.6 Å². The minimum atomic E-state index is -0.164. The van der Waals surface area contributed by atoms with Gasteiger partial charge in [0.05, 0.1) is 16.0 Å². The largest absolute Gasteiger partial charge is 0.343 e. The molecule has 2 aromatic carbocycles. The van der Waals surface area contributed by atoms with Crippen molar-refractivity contribution in [2.45, 2.75) is 23.9 Å². The monoisotopic (exact) mass is 368 g/mol. The second kappa shape index (κ2) is 7.25. The van der Waals surface area contributed by atoms with E-state index < -0.39 is 0 Å². The molecule has 0 spiro atoms. The molecule has 4 rings (SSSR count). The molecule has 0 saturated heterocycles. The summed E-state index contributed by atoms with van der Waals surface area (Å²) in [6, 6.07) is 18.3. The fourth-order valence-electron chi connectivity index (χ4n) is 2.60. The molecule has 0 amide bonds. The molecule has 0 aliphatic rings. The van der Waals surface area contributed by atoms with Crippen LogP contribution in [0, 0.1) is 0 Å². The second-order valence-corrected chi connectivity index (χ2v) is 7.62. The smallest absolute Gasteiger partial charge is 0.270 e. The summed E-state index contributed by atoms with van der Waals surface area (Å²) < 4.78 is 2.88. The fraction of sp³-hybridized carbons (Fsp3) is 0.167. The Morgan fingerprint density at radius 3 is 2.72 bits per heavy atom. The summed E-state index contributed by atoms with van der Waals surface area (Å²) in [6.07, 6.45) is 0.801. The summed E-state index contributed by atoms with van der Waals surface area (Å²) in [5.74, 6) is 0.703. The van der Waals surface area contributed by atoms with Crippen LogP contribution < -0.4 is 5.69 Å². The predicted octanol–water partition coefficient (Wildman–Crippen LogP) is 3.72. The van der Waals surface area contributed by atoms with Gasteiger partial charge in [0.2, 0.25) is 0 Å². The number of aryl methyl sites for hydroxylation is 1. The van der Waals surface area contributed by atoms with E-state index in [1.165, 1.54) is 22.0 Å². The number of nitrogens with one attached hydrogen (secondary N) is 1. The molecule has 2 heterocycles. The van der Waals surface area contributed by atoms with Crippen molar-refractivity contribution in [3.8, 4) is 0 Å². The Labute approximate surface area is 152 Å². The fourth-order valence-corrected chi connectivity index (χ4v) is 4.54. The first kappa shape index (κ1) is 16.1. The molecule has 0 atom stereocenters. The van der Waals surface area contributed by atoms with Crippen LogP contribution in [0.5, 0.6) is 0 Å². The van der Waals surface area contributed by atoms with Gasteiger partial charge in [-0.25, -0.2) is 14.9 Å². The highest BCUT2D eigenvalue weighted by Gasteiger charge is 2.11. The molecule has 0 fully saturated rings. The lowest BCUT2D eigenvalue weighted by molar-refractivity contribution is 0.616. The number of nitrogens with zero attached hydrogens (tertiary/aromatic N) is 3. The van der Waals surface area contributed by atoms with Crippen LogP contribution in [0.4, 0.5) is 0 Å². The molecule has 0 saturated carbocycles. The quantitative estimate of drug-likeness (QED) is 0.527. The summed E-state index contributed by atoms with van der Waals surface area (Å²) in [5.41, 5.74) is 2.06. The van der Waals surface area contributed by atoms with E-state index >= 15 is 0 Å². The van der Waals surface area contributed by atoms with E-state index in [4.69, 9.17) is 0 Å². The number of hydrogen-bond acceptors (Lipinski definition) is 5. The number of rotatable bonds is 6. The highest BCUT2D eigenvalue weighted by Crippen LogP contribution is 2.27. The molecule has 5 nitrogen and oxygen atoms in total. The first-order chi connectivity index (χ1) is 12.3. The molecule has 126 valence electrons. The number of aromatic nitrogens is 4. The van der Waals surface area contributed by atoms with Crippen molar-refractivity contribution >= 4 is 33.3 Å². The number of hydrogen-bond donors (Lipinski definition) is 1. The normalized spacial score (nSPS) is 11.2. The van der Waals surface area contributed by atoms with Gasteiger partial charge in [-0.15, -0.1) is 16.4 Å². The van der Waals surface area contributed by atoms with Gasteiger partial charge < -0.3 is 0 Å². The molecule has 1 N–H and O–H groups in total. The van der Waals surface area contributed by atoms with Gasteiger partial charge in [-0.3, -0.25) is 4.57 Å². The van der Waals surface area contributed by atoms with Crippen molar-refractivity contribution in [3.05, 3.63) is 75.7 Å². The number of para-hydroxylation sites is 1. The molecular weight excluding hydrogens is 352 g/mol. The van der Waals surface area contributed by atoms with E-state index in [1.807, 2.05) is 36.4 Å². The summed E-state index contributed by atoms with van der Waals surface area (Å²) in [4.78, 5) is 16.7. The van der Waals surface area contributed by atoms with Crippen LogP contribution in [0.1, 0.15) is 10.6 Å². The number of benzene rings is 2. The second-order valence-electron chi connectivity index (χ2n) is 5.56. The minimum absolute atomic E-state index is 0.164. The maximum Gasteiger partial charge on any atom is 0.343 e. The van der Waals surface area contributed by atoms with Gasteiger partial charge in [0.1, 0.15) is 5.01 Å². The lowest BCUT2D eigenvalue weighted by Gasteiger charge is -2.05. The number of H-pyrrole nitrogens is 1. The van der Waals surface area contributed by atoms with Gasteiger partial charge in [-0.1, -0.05) is 54.2 Å². The Kier molecular flexibility index (Phi) is 4.67. The van der Waals surface area contributed by atoms with Crippen molar-refractivity contribution in [1.29, 1.82) is 0 Å². The van der Waals surface area contributed by atoms with Crippen molar-refractivity contribution in [1.82, 2.24) is 19.7 Å². The molecule has 0 bridgehead atoms. The van der Waals surface area contributed by atoms with Crippen molar-refractivity contribution < 1.29 is 0 Å². The van der Waals surface area contributed by atoms with E-state index in [0.29, 0.717) is 17.5 Å². The van der Waals surface area contributed by atoms with Gasteiger partial charge in [0, 0.05) is 6.54 Å². The zero-order valence-corrected chi connectivity index (χ0v) is 15.0. The highest BCUT2D eigenvalue weighted by atomic mass is 32.2. The number of thioether (sulfide) groups is 1. The third kappa shape index (κ3) is 3.67. The van der Waals surface area contributed by atoms with Crippen LogP contribution in [0.2, 0.25) is 0 Å². The Balaban J connectivity index is 1.46. The number of fused-ring (bicyclic) bond motifs is 1. The third-order valence-corrected chi connectivity index (χ3v) is 6.06. The molecule has 4 aromatic rings. The average Bonchev–Trinajstić information content (AvgIpc) is 3.22. The van der Waals surface area contributed by atoms with Crippen molar-refractivity contribution in [2.24, 2.45) is 0 Å². The van der Waals surface area contributed by atoms with Gasteiger partial charge in [-0.2, -0.15) is 0 Å². The van der Waals surface area contributed by atoms with Crippen molar-refractivity contribution in [2.75, 3.05) is 0 Å². The van der Waals surface area contributed by atoms with Crippen LogP contribution in [0.3, 0.4) is 0 Å². The molecule has 0 aliphatic heterocycles. The summed E-state index contributed by atoms with van der Waals surface area (Å²) >= 11 is 3.22. The Morgan fingerprint density at radius 2 is 1.88 bits per heavy atom. The maximum atomic E-state index is 12.0. The molecule has 0 unspecified atom stereocenters. The molecule has 2 aromatic heterocycles. The third-order valence-electron chi connectivity index (χ3n) is 3.85. The Morgan fingerprint density at radius 1 is 1.08 bits per heavy atom. The van der Waals surface area contributed by atoms with E-state index in [-0.39, 0.29) is 5.69 Å². The summed E-state index contributed by atoms with van der Waals surface area (Å²) in [7, 11) is 0. The zero-order chi connectivity index (χ0) is 17.1. The maximum absolute atomic E-state index is 12.0. The van der Waals surface area contributed by atoms with E-state index in [0.717, 1.165) is 16.9 Å². The predicted molar refractivity (Wildman–Crippen MR) is 102 cm³/mol. The Hall–Kier alpha value is -2.38. The van der Waals surface area contributed by atoms with Gasteiger partial charge in [0.25, 0.3) is 0 Å². The number of thiazole rings is 1. The lowest BCUT2D eigenvalue weighted by atomic mass is 10.1. The summed E-state index contributed by atoms with van der Waals surface area (Å²) in [5, 5.41) is 8.46. The zero-order valence-electron chi connectivity index (χ0n) is 13.4. The van der Waals surface area contributed by atoms with Gasteiger partial charge in [-0.05, 0) is 24.1 Å². The van der Waals surface area contributed by atoms with Gasteiger partial charge >= 0.3 is 5.69 Å². The molecule has 0 radical (unpaired) electrons. The molecule has 25 heavy (non-hydrogen) atoms.